The summed E-state index contributed by atoms with van der Waals surface area (Å²) in [4.78, 5) is 0. The zero-order valence-corrected chi connectivity index (χ0v) is 17.4. The summed E-state index contributed by atoms with van der Waals surface area (Å²) in [6.07, 6.45) is 16.6. The van der Waals surface area contributed by atoms with E-state index >= 15 is 0 Å². The molecule has 0 fully saturated rings. The van der Waals surface area contributed by atoms with E-state index in [2.05, 4.69) is 6.92 Å². The van der Waals surface area contributed by atoms with E-state index in [9.17, 15) is 18.1 Å². The molecule has 152 valence electrons. The van der Waals surface area contributed by atoms with Gasteiger partial charge in [0.15, 0.2) is 0 Å². The van der Waals surface area contributed by atoms with Crippen LogP contribution in [-0.2, 0) is 10.1 Å². The van der Waals surface area contributed by atoms with E-state index in [-0.39, 0.29) is 6.10 Å². The van der Waals surface area contributed by atoms with Gasteiger partial charge in [-0.25, -0.2) is 0 Å². The second-order valence-corrected chi connectivity index (χ2v) is 9.18. The van der Waals surface area contributed by atoms with Gasteiger partial charge in [0, 0.05) is 0 Å². The third-order valence-corrected chi connectivity index (χ3v) is 6.28. The fraction of sp³-hybridized carbons (Fsp3) is 1.00. The molecule has 0 aliphatic rings. The molecule has 2 atom stereocenters. The molecule has 0 saturated carbocycles. The highest BCUT2D eigenvalue weighted by Gasteiger charge is 2.20. The van der Waals surface area contributed by atoms with E-state index < -0.39 is 15.4 Å². The van der Waals surface area contributed by atoms with Gasteiger partial charge >= 0.3 is 0 Å². The van der Waals surface area contributed by atoms with Crippen molar-refractivity contribution < 1.29 is 18.1 Å². The number of aliphatic hydroxyl groups is 1. The summed E-state index contributed by atoms with van der Waals surface area (Å²) in [6.45, 7) is 4.06. The smallest absolute Gasteiger partial charge is 0.267 e. The number of aliphatic hydroxyl groups excluding tert-OH is 1. The monoisotopic (exact) mass is 378 g/mol. The first-order valence-electron chi connectivity index (χ1n) is 10.6. The van der Waals surface area contributed by atoms with Crippen LogP contribution in [0, 0.1) is 0 Å². The maximum absolute atomic E-state index is 11.2. The average molecular weight is 379 g/mol. The number of hydrogen-bond donors (Lipinski definition) is 2. The molecule has 0 aliphatic heterocycles. The van der Waals surface area contributed by atoms with Crippen molar-refractivity contribution in [3.05, 3.63) is 0 Å². The van der Waals surface area contributed by atoms with Crippen molar-refractivity contribution in [2.75, 3.05) is 0 Å². The Kier molecular flexibility index (Phi) is 16.0. The highest BCUT2D eigenvalue weighted by molar-refractivity contribution is 7.86. The standard InChI is InChI=1S/C20H42O4S/c1-3-15-19(21)17-13-11-9-7-5-6-8-10-12-14-18-20(16-4-2)25(22,23)24/h19-21H,3-18H2,1-2H3,(H,22,23,24). The van der Waals surface area contributed by atoms with Crippen LogP contribution >= 0.6 is 0 Å². The molecule has 0 saturated heterocycles. The predicted octanol–water partition coefficient (Wildman–Crippen LogP) is 5.89. The van der Waals surface area contributed by atoms with E-state index in [1.165, 1.54) is 38.5 Å². The molecule has 0 bridgehead atoms. The molecule has 0 aromatic heterocycles. The van der Waals surface area contributed by atoms with Crippen molar-refractivity contribution in [2.24, 2.45) is 0 Å². The lowest BCUT2D eigenvalue weighted by atomic mass is 10.0. The Hall–Kier alpha value is -0.130. The highest BCUT2D eigenvalue weighted by atomic mass is 32.2. The van der Waals surface area contributed by atoms with Crippen LogP contribution in [0.5, 0.6) is 0 Å². The Balaban J connectivity index is 3.39. The maximum atomic E-state index is 11.2. The summed E-state index contributed by atoms with van der Waals surface area (Å²) in [5.74, 6) is 0. The number of hydrogen-bond acceptors (Lipinski definition) is 3. The first-order chi connectivity index (χ1) is 11.9. The maximum Gasteiger partial charge on any atom is 0.267 e. The van der Waals surface area contributed by atoms with Gasteiger partial charge in [0.05, 0.1) is 11.4 Å². The van der Waals surface area contributed by atoms with Crippen molar-refractivity contribution in [1.29, 1.82) is 0 Å². The molecule has 0 radical (unpaired) electrons. The third kappa shape index (κ3) is 15.8. The Bertz CT molecular complexity index is 381. The first-order valence-corrected chi connectivity index (χ1v) is 12.1. The quantitative estimate of drug-likeness (QED) is 0.230. The lowest BCUT2D eigenvalue weighted by molar-refractivity contribution is 0.150. The topological polar surface area (TPSA) is 74.6 Å². The second kappa shape index (κ2) is 16.1. The Morgan fingerprint density at radius 3 is 1.44 bits per heavy atom. The fourth-order valence-corrected chi connectivity index (χ4v) is 4.41. The molecule has 0 amide bonds. The number of unbranched alkanes of at least 4 members (excludes halogenated alkanes) is 9. The molecule has 0 heterocycles. The van der Waals surface area contributed by atoms with Crippen LogP contribution in [0.4, 0.5) is 0 Å². The van der Waals surface area contributed by atoms with Gasteiger partial charge in [-0.1, -0.05) is 90.9 Å². The molecule has 0 spiro atoms. The Labute approximate surface area is 156 Å². The molecule has 0 aliphatic carbocycles. The summed E-state index contributed by atoms with van der Waals surface area (Å²) >= 11 is 0. The zero-order chi connectivity index (χ0) is 19.0. The van der Waals surface area contributed by atoms with Gasteiger partial charge < -0.3 is 5.11 Å². The van der Waals surface area contributed by atoms with E-state index in [0.29, 0.717) is 12.8 Å². The minimum atomic E-state index is -3.86. The molecule has 0 aromatic carbocycles. The van der Waals surface area contributed by atoms with Gasteiger partial charge in [-0.05, 0) is 25.7 Å². The van der Waals surface area contributed by atoms with Crippen LogP contribution in [0.3, 0.4) is 0 Å². The van der Waals surface area contributed by atoms with Gasteiger partial charge in [0.25, 0.3) is 10.1 Å². The fourth-order valence-electron chi connectivity index (χ4n) is 3.41. The molecule has 5 heteroatoms. The minimum Gasteiger partial charge on any atom is -0.393 e. The molecular weight excluding hydrogens is 336 g/mol. The van der Waals surface area contributed by atoms with Crippen LogP contribution in [-0.4, -0.2) is 29.4 Å². The molecule has 0 aromatic rings. The SMILES string of the molecule is CCCC(O)CCCCCCCCCCCCC(CCC)S(=O)(=O)O. The predicted molar refractivity (Wildman–Crippen MR) is 107 cm³/mol. The Morgan fingerprint density at radius 2 is 1.04 bits per heavy atom. The van der Waals surface area contributed by atoms with Crippen molar-refractivity contribution in [2.45, 2.75) is 128 Å². The van der Waals surface area contributed by atoms with Gasteiger partial charge in [-0.3, -0.25) is 4.55 Å². The molecule has 2 N–H and O–H groups in total. The molecule has 25 heavy (non-hydrogen) atoms. The van der Waals surface area contributed by atoms with Gasteiger partial charge in [-0.15, -0.1) is 0 Å². The lowest BCUT2D eigenvalue weighted by Gasteiger charge is -2.12. The van der Waals surface area contributed by atoms with Gasteiger partial charge in [0.1, 0.15) is 0 Å². The Morgan fingerprint density at radius 1 is 0.640 bits per heavy atom. The molecule has 2 unspecified atom stereocenters. The van der Waals surface area contributed by atoms with E-state index in [1.807, 2.05) is 6.92 Å². The van der Waals surface area contributed by atoms with Crippen LogP contribution in [0.15, 0.2) is 0 Å². The number of rotatable bonds is 18. The minimum absolute atomic E-state index is 0.0947. The second-order valence-electron chi connectivity index (χ2n) is 7.48. The summed E-state index contributed by atoms with van der Waals surface area (Å²) in [6, 6.07) is 0. The average Bonchev–Trinajstić information content (AvgIpc) is 2.54. The summed E-state index contributed by atoms with van der Waals surface area (Å²) in [7, 11) is -3.86. The normalized spacial score (nSPS) is 14.6. The summed E-state index contributed by atoms with van der Waals surface area (Å²) < 4.78 is 31.7. The van der Waals surface area contributed by atoms with Crippen LogP contribution in [0.2, 0.25) is 0 Å². The zero-order valence-electron chi connectivity index (χ0n) is 16.6. The van der Waals surface area contributed by atoms with E-state index in [1.54, 1.807) is 0 Å². The summed E-state index contributed by atoms with van der Waals surface area (Å²) in [5.41, 5.74) is 0. The molecule has 4 nitrogen and oxygen atoms in total. The molecule has 0 rings (SSSR count). The van der Waals surface area contributed by atoms with Crippen molar-refractivity contribution in [3.8, 4) is 0 Å². The van der Waals surface area contributed by atoms with Crippen molar-refractivity contribution in [1.82, 2.24) is 0 Å². The van der Waals surface area contributed by atoms with Gasteiger partial charge in [0.2, 0.25) is 0 Å². The van der Waals surface area contributed by atoms with E-state index in [0.717, 1.165) is 51.4 Å². The van der Waals surface area contributed by atoms with Crippen LogP contribution in [0.25, 0.3) is 0 Å². The van der Waals surface area contributed by atoms with Crippen LogP contribution < -0.4 is 0 Å². The third-order valence-electron chi connectivity index (χ3n) is 4.97. The highest BCUT2D eigenvalue weighted by Crippen LogP contribution is 2.17. The largest absolute Gasteiger partial charge is 0.393 e. The van der Waals surface area contributed by atoms with Crippen molar-refractivity contribution >= 4 is 10.1 Å². The van der Waals surface area contributed by atoms with Crippen molar-refractivity contribution in [3.63, 3.8) is 0 Å². The summed E-state index contributed by atoms with van der Waals surface area (Å²) in [5, 5.41) is 9.09. The molecular formula is C20H42O4S. The van der Waals surface area contributed by atoms with Gasteiger partial charge in [-0.2, -0.15) is 8.42 Å². The first kappa shape index (κ1) is 24.9. The lowest BCUT2D eigenvalue weighted by Crippen LogP contribution is -2.20. The van der Waals surface area contributed by atoms with Crippen LogP contribution in [0.1, 0.15) is 117 Å². The van der Waals surface area contributed by atoms with E-state index in [4.69, 9.17) is 0 Å².